The van der Waals surface area contributed by atoms with Crippen LogP contribution in [0.5, 0.6) is 0 Å². The monoisotopic (exact) mass is 274 g/mol. The van der Waals surface area contributed by atoms with Crippen LogP contribution < -0.4 is 5.73 Å². The van der Waals surface area contributed by atoms with Crippen LogP contribution in [0, 0.1) is 6.92 Å². The first-order valence-electron chi connectivity index (χ1n) is 5.64. The molecule has 1 rings (SSSR count). The fourth-order valence-corrected chi connectivity index (χ4v) is 3.72. The Morgan fingerprint density at radius 3 is 2.76 bits per heavy atom. The SMILES string of the molecule is CCCC(Sc1sc(N)nc1C)C(=O)OCC. The van der Waals surface area contributed by atoms with Crippen molar-refractivity contribution in [2.24, 2.45) is 0 Å². The molecule has 0 aliphatic heterocycles. The smallest absolute Gasteiger partial charge is 0.319 e. The van der Waals surface area contributed by atoms with E-state index in [2.05, 4.69) is 11.9 Å². The van der Waals surface area contributed by atoms with Crippen LogP contribution in [0.1, 0.15) is 32.4 Å². The molecule has 0 radical (unpaired) electrons. The van der Waals surface area contributed by atoms with E-state index in [1.807, 2.05) is 13.8 Å². The van der Waals surface area contributed by atoms with Crippen molar-refractivity contribution in [3.05, 3.63) is 5.69 Å². The first kappa shape index (κ1) is 14.3. The summed E-state index contributed by atoms with van der Waals surface area (Å²) in [5.74, 6) is -0.147. The van der Waals surface area contributed by atoms with Gasteiger partial charge in [-0.3, -0.25) is 4.79 Å². The zero-order valence-electron chi connectivity index (χ0n) is 10.4. The number of thioether (sulfide) groups is 1. The summed E-state index contributed by atoms with van der Waals surface area (Å²) in [7, 11) is 0. The van der Waals surface area contributed by atoms with Gasteiger partial charge in [0.2, 0.25) is 0 Å². The molecule has 1 aromatic heterocycles. The maximum Gasteiger partial charge on any atom is 0.319 e. The van der Waals surface area contributed by atoms with Crippen molar-refractivity contribution in [2.75, 3.05) is 12.3 Å². The number of thiazole rings is 1. The van der Waals surface area contributed by atoms with E-state index in [9.17, 15) is 4.79 Å². The molecule has 1 heterocycles. The number of carbonyl (C=O) groups excluding carboxylic acids is 1. The fraction of sp³-hybridized carbons (Fsp3) is 0.636. The first-order chi connectivity index (χ1) is 8.08. The van der Waals surface area contributed by atoms with Gasteiger partial charge in [0.1, 0.15) is 5.25 Å². The van der Waals surface area contributed by atoms with E-state index in [1.165, 1.54) is 23.1 Å². The Balaban J connectivity index is 2.72. The van der Waals surface area contributed by atoms with E-state index in [4.69, 9.17) is 10.5 Å². The van der Waals surface area contributed by atoms with Crippen LogP contribution in [-0.2, 0) is 9.53 Å². The predicted molar refractivity (Wildman–Crippen MR) is 72.4 cm³/mol. The Labute approximate surface area is 110 Å². The normalized spacial score (nSPS) is 12.4. The van der Waals surface area contributed by atoms with Gasteiger partial charge in [-0.1, -0.05) is 36.4 Å². The second kappa shape index (κ2) is 6.86. The molecule has 0 saturated carbocycles. The molecule has 0 aromatic carbocycles. The third-order valence-corrected chi connectivity index (χ3v) is 4.66. The van der Waals surface area contributed by atoms with E-state index in [0.717, 1.165) is 22.7 Å². The van der Waals surface area contributed by atoms with Crippen LogP contribution in [0.3, 0.4) is 0 Å². The minimum absolute atomic E-state index is 0.147. The van der Waals surface area contributed by atoms with E-state index in [0.29, 0.717) is 11.7 Å². The largest absolute Gasteiger partial charge is 0.465 e. The highest BCUT2D eigenvalue weighted by molar-refractivity contribution is 8.02. The van der Waals surface area contributed by atoms with Crippen LogP contribution in [0.15, 0.2) is 4.21 Å². The summed E-state index contributed by atoms with van der Waals surface area (Å²) in [6.07, 6.45) is 1.75. The molecule has 2 N–H and O–H groups in total. The fourth-order valence-electron chi connectivity index (χ4n) is 1.36. The van der Waals surface area contributed by atoms with Gasteiger partial charge in [-0.2, -0.15) is 0 Å². The molecule has 0 fully saturated rings. The molecule has 1 atom stereocenters. The van der Waals surface area contributed by atoms with Crippen LogP contribution in [0.25, 0.3) is 0 Å². The van der Waals surface area contributed by atoms with E-state index in [-0.39, 0.29) is 11.2 Å². The van der Waals surface area contributed by atoms with Gasteiger partial charge in [-0.25, -0.2) is 4.98 Å². The van der Waals surface area contributed by atoms with Gasteiger partial charge in [0.25, 0.3) is 0 Å². The van der Waals surface area contributed by atoms with Crippen LogP contribution in [-0.4, -0.2) is 22.8 Å². The molecule has 96 valence electrons. The quantitative estimate of drug-likeness (QED) is 0.638. The van der Waals surface area contributed by atoms with Crippen molar-refractivity contribution in [3.63, 3.8) is 0 Å². The number of nitrogens with two attached hydrogens (primary N) is 1. The lowest BCUT2D eigenvalue weighted by molar-refractivity contribution is -0.142. The number of nitrogen functional groups attached to an aromatic ring is 1. The van der Waals surface area contributed by atoms with E-state index >= 15 is 0 Å². The number of rotatable bonds is 6. The topological polar surface area (TPSA) is 65.2 Å². The molecule has 0 aliphatic rings. The third-order valence-electron chi connectivity index (χ3n) is 2.12. The Bertz CT molecular complexity index is 380. The number of ether oxygens (including phenoxy) is 1. The maximum absolute atomic E-state index is 11.8. The second-order valence-corrected chi connectivity index (χ2v) is 6.07. The molecule has 4 nitrogen and oxygen atoms in total. The van der Waals surface area contributed by atoms with Crippen LogP contribution in [0.4, 0.5) is 5.13 Å². The maximum atomic E-state index is 11.8. The zero-order valence-corrected chi connectivity index (χ0v) is 12.0. The highest BCUT2D eigenvalue weighted by atomic mass is 32.2. The van der Waals surface area contributed by atoms with Gasteiger partial charge in [0.05, 0.1) is 16.5 Å². The molecular weight excluding hydrogens is 256 g/mol. The summed E-state index contributed by atoms with van der Waals surface area (Å²) in [4.78, 5) is 15.9. The highest BCUT2D eigenvalue weighted by Gasteiger charge is 2.22. The number of nitrogens with zero attached hydrogens (tertiary/aromatic N) is 1. The summed E-state index contributed by atoms with van der Waals surface area (Å²) < 4.78 is 6.08. The Hall–Kier alpha value is -0.750. The lowest BCUT2D eigenvalue weighted by atomic mass is 10.2. The van der Waals surface area contributed by atoms with Crippen molar-refractivity contribution in [1.82, 2.24) is 4.98 Å². The van der Waals surface area contributed by atoms with Gasteiger partial charge >= 0.3 is 5.97 Å². The lowest BCUT2D eigenvalue weighted by Gasteiger charge is -2.13. The molecule has 0 amide bonds. The van der Waals surface area contributed by atoms with Crippen molar-refractivity contribution >= 4 is 34.2 Å². The molecule has 0 bridgehead atoms. The van der Waals surface area contributed by atoms with Gasteiger partial charge in [0, 0.05) is 0 Å². The summed E-state index contributed by atoms with van der Waals surface area (Å²) in [5.41, 5.74) is 6.53. The number of anilines is 1. The number of carbonyl (C=O) groups is 1. The van der Waals surface area contributed by atoms with Crippen molar-refractivity contribution in [3.8, 4) is 0 Å². The van der Waals surface area contributed by atoms with Crippen molar-refractivity contribution < 1.29 is 9.53 Å². The Kier molecular flexibility index (Phi) is 5.77. The van der Waals surface area contributed by atoms with Crippen LogP contribution >= 0.6 is 23.1 Å². The molecule has 1 aromatic rings. The van der Waals surface area contributed by atoms with Crippen LogP contribution in [0.2, 0.25) is 0 Å². The first-order valence-corrected chi connectivity index (χ1v) is 7.34. The van der Waals surface area contributed by atoms with E-state index in [1.54, 1.807) is 0 Å². The average molecular weight is 274 g/mol. The van der Waals surface area contributed by atoms with Gasteiger partial charge in [-0.15, -0.1) is 0 Å². The molecular formula is C11H18N2O2S2. The zero-order chi connectivity index (χ0) is 12.8. The summed E-state index contributed by atoms with van der Waals surface area (Å²) in [5, 5.41) is 0.391. The second-order valence-electron chi connectivity index (χ2n) is 3.57. The Morgan fingerprint density at radius 1 is 1.59 bits per heavy atom. The van der Waals surface area contributed by atoms with E-state index < -0.39 is 0 Å². The molecule has 0 spiro atoms. The third kappa shape index (κ3) is 4.20. The summed E-state index contributed by atoms with van der Waals surface area (Å²) in [6, 6.07) is 0. The standard InChI is InChI=1S/C11H18N2O2S2/c1-4-6-8(9(14)15-5-2)16-10-7(3)13-11(12)17-10/h8H,4-6H2,1-3H3,(H2,12,13). The Morgan fingerprint density at radius 2 is 2.29 bits per heavy atom. The molecule has 6 heteroatoms. The molecule has 1 unspecified atom stereocenters. The van der Waals surface area contributed by atoms with Gasteiger partial charge < -0.3 is 10.5 Å². The van der Waals surface area contributed by atoms with Gasteiger partial charge in [0.15, 0.2) is 5.13 Å². The molecule has 17 heavy (non-hydrogen) atoms. The predicted octanol–water partition coefficient (Wildman–Crippen LogP) is 2.86. The van der Waals surface area contributed by atoms with Gasteiger partial charge in [-0.05, 0) is 20.3 Å². The highest BCUT2D eigenvalue weighted by Crippen LogP contribution is 2.35. The average Bonchev–Trinajstić information content (AvgIpc) is 2.57. The number of esters is 1. The summed E-state index contributed by atoms with van der Waals surface area (Å²) in [6.45, 7) is 6.20. The number of aryl methyl sites for hydroxylation is 1. The van der Waals surface area contributed by atoms with Crippen molar-refractivity contribution in [1.29, 1.82) is 0 Å². The number of hydrogen-bond donors (Lipinski definition) is 1. The van der Waals surface area contributed by atoms with Crippen molar-refractivity contribution in [2.45, 2.75) is 43.1 Å². The number of aromatic nitrogens is 1. The number of hydrogen-bond acceptors (Lipinski definition) is 6. The minimum Gasteiger partial charge on any atom is -0.465 e. The molecule has 0 aliphatic carbocycles. The lowest BCUT2D eigenvalue weighted by Crippen LogP contribution is -2.19. The molecule has 0 saturated heterocycles. The summed E-state index contributed by atoms with van der Waals surface area (Å²) >= 11 is 2.94. The minimum atomic E-state index is -0.154.